The molecule has 0 bridgehead atoms. The van der Waals surface area contributed by atoms with Crippen LogP contribution in [0.4, 0.5) is 0 Å². The predicted octanol–water partition coefficient (Wildman–Crippen LogP) is 6.31. The van der Waals surface area contributed by atoms with Crippen LogP contribution in [0.25, 0.3) is 0 Å². The van der Waals surface area contributed by atoms with Crippen molar-refractivity contribution in [3.63, 3.8) is 0 Å². The number of benzene rings is 1. The van der Waals surface area contributed by atoms with Gasteiger partial charge in [-0.3, -0.25) is 0 Å². The summed E-state index contributed by atoms with van der Waals surface area (Å²) in [4.78, 5) is 1.34. The lowest BCUT2D eigenvalue weighted by atomic mass is 9.43. The molecule has 4 unspecified atom stereocenters. The first-order valence-electron chi connectivity index (χ1n) is 9.65. The second-order valence-corrected chi connectivity index (χ2v) is 10.9. The summed E-state index contributed by atoms with van der Waals surface area (Å²) in [6.45, 7) is 12.1. The maximum Gasteiger partial charge on any atom is 0.120 e. The van der Waals surface area contributed by atoms with Crippen molar-refractivity contribution in [2.45, 2.75) is 77.0 Å². The molecule has 24 heavy (non-hydrogen) atoms. The highest BCUT2D eigenvalue weighted by Gasteiger charge is 2.60. The lowest BCUT2D eigenvalue weighted by molar-refractivity contribution is -0.0976. The third kappa shape index (κ3) is 2.14. The zero-order valence-corrected chi connectivity index (χ0v) is 16.7. The van der Waals surface area contributed by atoms with Crippen LogP contribution in [0.3, 0.4) is 0 Å². The quantitative estimate of drug-likeness (QED) is 0.595. The molecule has 1 heterocycles. The van der Waals surface area contributed by atoms with Gasteiger partial charge < -0.3 is 5.11 Å². The molecule has 0 saturated heterocycles. The van der Waals surface area contributed by atoms with Gasteiger partial charge in [0.25, 0.3) is 0 Å². The van der Waals surface area contributed by atoms with Gasteiger partial charge >= 0.3 is 0 Å². The maximum atomic E-state index is 10.8. The summed E-state index contributed by atoms with van der Waals surface area (Å²) < 4.78 is 0. The Balaban J connectivity index is 1.84. The van der Waals surface area contributed by atoms with Crippen LogP contribution < -0.4 is 0 Å². The van der Waals surface area contributed by atoms with Gasteiger partial charge in [-0.05, 0) is 73.0 Å². The number of thioether (sulfide) groups is 1. The lowest BCUT2D eigenvalue weighted by Gasteiger charge is -2.64. The van der Waals surface area contributed by atoms with Crippen LogP contribution in [0.2, 0.25) is 0 Å². The monoisotopic (exact) mass is 344 g/mol. The molecule has 2 fully saturated rings. The molecule has 1 nitrogen and oxygen atoms in total. The minimum Gasteiger partial charge on any atom is -0.508 e. The molecule has 0 spiro atoms. The molecule has 4 atom stereocenters. The van der Waals surface area contributed by atoms with E-state index in [1.165, 1.54) is 53.9 Å². The molecule has 4 rings (SSSR count). The van der Waals surface area contributed by atoms with Gasteiger partial charge in [0.15, 0.2) is 0 Å². The van der Waals surface area contributed by atoms with Gasteiger partial charge in [0.05, 0.1) is 0 Å². The van der Waals surface area contributed by atoms with Gasteiger partial charge in [0.1, 0.15) is 5.75 Å². The van der Waals surface area contributed by atoms with Crippen LogP contribution in [-0.4, -0.2) is 10.9 Å². The fourth-order valence-corrected chi connectivity index (χ4v) is 8.76. The summed E-state index contributed by atoms with van der Waals surface area (Å²) in [6, 6.07) is 4.27. The van der Waals surface area contributed by atoms with E-state index in [0.29, 0.717) is 22.5 Å². The molecule has 2 saturated carbocycles. The van der Waals surface area contributed by atoms with E-state index in [0.717, 1.165) is 5.92 Å². The minimum atomic E-state index is 0.136. The third-order valence-electron chi connectivity index (χ3n) is 8.00. The first-order chi connectivity index (χ1) is 11.2. The Kier molecular flexibility index (Phi) is 3.64. The van der Waals surface area contributed by atoms with Gasteiger partial charge in [0, 0.05) is 21.6 Å². The van der Waals surface area contributed by atoms with Crippen molar-refractivity contribution in [1.82, 2.24) is 0 Å². The fraction of sp³-hybridized carbons (Fsp3) is 0.727. The highest BCUT2D eigenvalue weighted by Crippen LogP contribution is 2.68. The zero-order valence-electron chi connectivity index (χ0n) is 15.9. The molecule has 1 N–H and O–H groups in total. The molecule has 3 aliphatic rings. The Labute approximate surface area is 151 Å². The van der Waals surface area contributed by atoms with Crippen LogP contribution in [0.15, 0.2) is 17.0 Å². The number of aryl methyl sites for hydroxylation is 1. The van der Waals surface area contributed by atoms with Crippen molar-refractivity contribution < 1.29 is 5.11 Å². The molecular formula is C22H32OS. The molecule has 1 aromatic rings. The van der Waals surface area contributed by atoms with Gasteiger partial charge in [-0.1, -0.05) is 34.1 Å². The van der Waals surface area contributed by atoms with Crippen molar-refractivity contribution in [3.05, 3.63) is 23.3 Å². The average Bonchev–Trinajstić information content (AvgIpc) is 2.44. The second kappa shape index (κ2) is 5.19. The molecule has 1 aromatic carbocycles. The van der Waals surface area contributed by atoms with Crippen molar-refractivity contribution >= 4 is 11.8 Å². The summed E-state index contributed by atoms with van der Waals surface area (Å²) in [5, 5.41) is 10.8. The van der Waals surface area contributed by atoms with Crippen molar-refractivity contribution in [1.29, 1.82) is 0 Å². The number of fused-ring (bicyclic) bond motifs is 5. The van der Waals surface area contributed by atoms with E-state index >= 15 is 0 Å². The second-order valence-electron chi connectivity index (χ2n) is 9.88. The largest absolute Gasteiger partial charge is 0.508 e. The van der Waals surface area contributed by atoms with Gasteiger partial charge in [-0.2, -0.15) is 0 Å². The first kappa shape index (κ1) is 16.8. The molecule has 1 aliphatic heterocycles. The molecule has 0 radical (unpaired) electrons. The topological polar surface area (TPSA) is 20.2 Å². The molecule has 2 aliphatic carbocycles. The smallest absolute Gasteiger partial charge is 0.120 e. The SMILES string of the molecule is Cc1cc(O)c2c(c1)SCC1C2(C)CCC2C(C)(C)CCCC21C. The highest BCUT2D eigenvalue weighted by molar-refractivity contribution is 7.99. The number of phenols is 1. The standard InChI is InChI=1S/C22H32OS/c1-14-11-15(23)19-16(12-14)24-13-18-21(4)9-6-8-20(2,3)17(21)7-10-22(18,19)5/h11-12,17-18,23H,6-10,13H2,1-5H3. The van der Waals surface area contributed by atoms with Crippen molar-refractivity contribution in [2.75, 3.05) is 5.75 Å². The van der Waals surface area contributed by atoms with E-state index in [-0.39, 0.29) is 5.41 Å². The van der Waals surface area contributed by atoms with E-state index in [2.05, 4.69) is 40.7 Å². The first-order valence-corrected chi connectivity index (χ1v) is 10.6. The summed E-state index contributed by atoms with van der Waals surface area (Å²) in [7, 11) is 0. The summed E-state index contributed by atoms with van der Waals surface area (Å²) in [5.41, 5.74) is 3.46. The normalized spacial score (nSPS) is 40.4. The molecular weight excluding hydrogens is 312 g/mol. The van der Waals surface area contributed by atoms with Crippen molar-refractivity contribution in [2.24, 2.45) is 22.7 Å². The van der Waals surface area contributed by atoms with Gasteiger partial charge in [-0.25, -0.2) is 0 Å². The van der Waals surface area contributed by atoms with E-state index in [4.69, 9.17) is 0 Å². The lowest BCUT2D eigenvalue weighted by Crippen LogP contribution is -2.58. The summed E-state index contributed by atoms with van der Waals surface area (Å²) in [5.74, 6) is 3.26. The van der Waals surface area contributed by atoms with Crippen LogP contribution >= 0.6 is 11.8 Å². The van der Waals surface area contributed by atoms with E-state index in [9.17, 15) is 5.11 Å². The Hall–Kier alpha value is -0.630. The van der Waals surface area contributed by atoms with E-state index < -0.39 is 0 Å². The van der Waals surface area contributed by atoms with Crippen LogP contribution in [-0.2, 0) is 5.41 Å². The molecule has 2 heteroatoms. The molecule has 132 valence electrons. The Morgan fingerprint density at radius 1 is 1.04 bits per heavy atom. The minimum absolute atomic E-state index is 0.136. The Morgan fingerprint density at radius 3 is 2.54 bits per heavy atom. The Morgan fingerprint density at radius 2 is 1.79 bits per heavy atom. The molecule has 0 amide bonds. The van der Waals surface area contributed by atoms with Crippen LogP contribution in [0.1, 0.15) is 70.9 Å². The van der Waals surface area contributed by atoms with Crippen molar-refractivity contribution in [3.8, 4) is 5.75 Å². The molecule has 0 aromatic heterocycles. The number of hydrogen-bond acceptors (Lipinski definition) is 2. The summed E-state index contributed by atoms with van der Waals surface area (Å²) >= 11 is 2.00. The number of phenolic OH excluding ortho intramolecular Hbond substituents is 1. The third-order valence-corrected chi connectivity index (χ3v) is 9.13. The van der Waals surface area contributed by atoms with Gasteiger partial charge in [0.2, 0.25) is 0 Å². The highest BCUT2D eigenvalue weighted by atomic mass is 32.2. The number of aromatic hydroxyl groups is 1. The summed E-state index contributed by atoms with van der Waals surface area (Å²) in [6.07, 6.45) is 6.65. The fourth-order valence-electron chi connectivity index (χ4n) is 6.92. The number of hydrogen-bond donors (Lipinski definition) is 1. The Bertz CT molecular complexity index is 679. The van der Waals surface area contributed by atoms with E-state index in [1.807, 2.05) is 17.8 Å². The predicted molar refractivity (Wildman–Crippen MR) is 103 cm³/mol. The maximum absolute atomic E-state index is 10.8. The van der Waals surface area contributed by atoms with Gasteiger partial charge in [-0.15, -0.1) is 11.8 Å². The van der Waals surface area contributed by atoms with Crippen LogP contribution in [0, 0.1) is 29.6 Å². The van der Waals surface area contributed by atoms with E-state index in [1.54, 1.807) is 0 Å². The van der Waals surface area contributed by atoms with Crippen LogP contribution in [0.5, 0.6) is 5.75 Å². The number of rotatable bonds is 0. The zero-order chi connectivity index (χ0) is 17.3. The average molecular weight is 345 g/mol.